The van der Waals surface area contributed by atoms with E-state index < -0.39 is 0 Å². The SMILES string of the molecule is COCCCN(CCNCC1CCCCC1)CCOC. The summed E-state index contributed by atoms with van der Waals surface area (Å²) in [6, 6.07) is 0. The maximum Gasteiger partial charge on any atom is 0.0589 e. The maximum atomic E-state index is 5.19. The molecule has 1 fully saturated rings. The van der Waals surface area contributed by atoms with Crippen LogP contribution in [0.1, 0.15) is 38.5 Å². The molecule has 0 aliphatic heterocycles. The van der Waals surface area contributed by atoms with Gasteiger partial charge in [-0.15, -0.1) is 0 Å². The Hall–Kier alpha value is -0.160. The Bertz CT molecular complexity index is 209. The van der Waals surface area contributed by atoms with Crippen LogP contribution in [0.4, 0.5) is 0 Å². The normalized spacial score (nSPS) is 16.9. The molecule has 0 aromatic heterocycles. The van der Waals surface area contributed by atoms with Crippen molar-refractivity contribution in [2.45, 2.75) is 38.5 Å². The average molecular weight is 286 g/mol. The molecule has 1 aliphatic rings. The van der Waals surface area contributed by atoms with E-state index in [1.54, 1.807) is 14.2 Å². The van der Waals surface area contributed by atoms with E-state index in [0.29, 0.717) is 0 Å². The lowest BCUT2D eigenvalue weighted by molar-refractivity contribution is 0.133. The molecule has 20 heavy (non-hydrogen) atoms. The van der Waals surface area contributed by atoms with Crippen LogP contribution in [0, 0.1) is 5.92 Å². The van der Waals surface area contributed by atoms with Crippen molar-refractivity contribution >= 4 is 0 Å². The van der Waals surface area contributed by atoms with Gasteiger partial charge in [0.1, 0.15) is 0 Å². The van der Waals surface area contributed by atoms with Gasteiger partial charge in [0.15, 0.2) is 0 Å². The molecule has 0 heterocycles. The summed E-state index contributed by atoms with van der Waals surface area (Å²) in [6.45, 7) is 7.19. The molecule has 0 atom stereocenters. The molecule has 0 amide bonds. The van der Waals surface area contributed by atoms with Crippen molar-refractivity contribution < 1.29 is 9.47 Å². The van der Waals surface area contributed by atoms with Gasteiger partial charge in [-0.1, -0.05) is 19.3 Å². The Morgan fingerprint density at radius 1 is 0.950 bits per heavy atom. The molecular formula is C16H34N2O2. The molecule has 0 radical (unpaired) electrons. The number of ether oxygens (including phenoxy) is 2. The Kier molecular flexibility index (Phi) is 11.2. The van der Waals surface area contributed by atoms with Crippen molar-refractivity contribution in [1.82, 2.24) is 10.2 Å². The van der Waals surface area contributed by atoms with Gasteiger partial charge >= 0.3 is 0 Å². The third-order valence-corrected chi connectivity index (χ3v) is 4.20. The van der Waals surface area contributed by atoms with E-state index in [4.69, 9.17) is 9.47 Å². The van der Waals surface area contributed by atoms with Gasteiger partial charge in [-0.05, 0) is 31.7 Å². The van der Waals surface area contributed by atoms with Crippen LogP contribution in [-0.4, -0.2) is 65.1 Å². The van der Waals surface area contributed by atoms with E-state index in [0.717, 1.165) is 51.7 Å². The Morgan fingerprint density at radius 2 is 1.70 bits per heavy atom. The average Bonchev–Trinajstić information content (AvgIpc) is 2.49. The van der Waals surface area contributed by atoms with Crippen molar-refractivity contribution in [2.75, 3.05) is 60.2 Å². The molecule has 1 N–H and O–H groups in total. The molecule has 120 valence electrons. The summed E-state index contributed by atoms with van der Waals surface area (Å²) >= 11 is 0. The number of nitrogens with zero attached hydrogens (tertiary/aromatic N) is 1. The smallest absolute Gasteiger partial charge is 0.0589 e. The minimum Gasteiger partial charge on any atom is -0.385 e. The molecule has 1 aliphatic carbocycles. The highest BCUT2D eigenvalue weighted by Gasteiger charge is 2.12. The number of nitrogens with one attached hydrogen (secondary N) is 1. The summed E-state index contributed by atoms with van der Waals surface area (Å²) in [5, 5.41) is 3.64. The second-order valence-electron chi connectivity index (χ2n) is 5.89. The lowest BCUT2D eigenvalue weighted by Crippen LogP contribution is -2.37. The second-order valence-corrected chi connectivity index (χ2v) is 5.89. The fourth-order valence-corrected chi connectivity index (χ4v) is 2.92. The second kappa shape index (κ2) is 12.6. The first kappa shape index (κ1) is 17.9. The predicted molar refractivity (Wildman–Crippen MR) is 84.3 cm³/mol. The summed E-state index contributed by atoms with van der Waals surface area (Å²) in [4.78, 5) is 2.47. The highest BCUT2D eigenvalue weighted by atomic mass is 16.5. The van der Waals surface area contributed by atoms with Crippen LogP contribution in [0.25, 0.3) is 0 Å². The first-order valence-corrected chi connectivity index (χ1v) is 8.27. The van der Waals surface area contributed by atoms with E-state index in [1.807, 2.05) is 0 Å². The van der Waals surface area contributed by atoms with E-state index in [-0.39, 0.29) is 0 Å². The van der Waals surface area contributed by atoms with Crippen molar-refractivity contribution in [3.05, 3.63) is 0 Å². The van der Waals surface area contributed by atoms with Gasteiger partial charge in [0.25, 0.3) is 0 Å². The van der Waals surface area contributed by atoms with Crippen molar-refractivity contribution in [3.63, 3.8) is 0 Å². The van der Waals surface area contributed by atoms with Gasteiger partial charge in [0.2, 0.25) is 0 Å². The van der Waals surface area contributed by atoms with Crippen LogP contribution in [0.3, 0.4) is 0 Å². The van der Waals surface area contributed by atoms with Crippen LogP contribution in [0.2, 0.25) is 0 Å². The lowest BCUT2D eigenvalue weighted by atomic mass is 9.89. The molecule has 4 heteroatoms. The van der Waals surface area contributed by atoms with Crippen LogP contribution >= 0.6 is 0 Å². The van der Waals surface area contributed by atoms with Gasteiger partial charge in [-0.3, -0.25) is 4.90 Å². The summed E-state index contributed by atoms with van der Waals surface area (Å²) in [6.07, 6.45) is 8.26. The van der Waals surface area contributed by atoms with E-state index in [9.17, 15) is 0 Å². The largest absolute Gasteiger partial charge is 0.385 e. The summed E-state index contributed by atoms with van der Waals surface area (Å²) < 4.78 is 10.3. The number of hydrogen-bond acceptors (Lipinski definition) is 4. The molecule has 0 bridgehead atoms. The minimum atomic E-state index is 0.815. The Labute approximate surface area is 125 Å². The monoisotopic (exact) mass is 286 g/mol. The molecule has 0 saturated heterocycles. The molecule has 0 aromatic carbocycles. The molecule has 1 rings (SSSR count). The first-order chi connectivity index (χ1) is 9.86. The van der Waals surface area contributed by atoms with Gasteiger partial charge < -0.3 is 14.8 Å². The quantitative estimate of drug-likeness (QED) is 0.557. The van der Waals surface area contributed by atoms with Crippen molar-refractivity contribution in [2.24, 2.45) is 5.92 Å². The van der Waals surface area contributed by atoms with Crippen LogP contribution < -0.4 is 5.32 Å². The molecule has 1 saturated carbocycles. The van der Waals surface area contributed by atoms with Gasteiger partial charge in [-0.25, -0.2) is 0 Å². The molecule has 0 aromatic rings. The summed E-state index contributed by atoms with van der Waals surface area (Å²) in [5.41, 5.74) is 0. The number of methoxy groups -OCH3 is 2. The van der Waals surface area contributed by atoms with Crippen LogP contribution in [0.5, 0.6) is 0 Å². The van der Waals surface area contributed by atoms with Crippen LogP contribution in [-0.2, 0) is 9.47 Å². The van der Waals surface area contributed by atoms with Crippen LogP contribution in [0.15, 0.2) is 0 Å². The Morgan fingerprint density at radius 3 is 2.40 bits per heavy atom. The zero-order chi connectivity index (χ0) is 14.5. The molecule has 0 unspecified atom stereocenters. The first-order valence-electron chi connectivity index (χ1n) is 8.27. The third kappa shape index (κ3) is 8.90. The highest BCUT2D eigenvalue weighted by molar-refractivity contribution is 4.69. The third-order valence-electron chi connectivity index (χ3n) is 4.20. The predicted octanol–water partition coefficient (Wildman–Crippen LogP) is 2.14. The van der Waals surface area contributed by atoms with E-state index >= 15 is 0 Å². The fourth-order valence-electron chi connectivity index (χ4n) is 2.92. The maximum absolute atomic E-state index is 5.19. The van der Waals surface area contributed by atoms with E-state index in [2.05, 4.69) is 10.2 Å². The van der Waals surface area contributed by atoms with Crippen molar-refractivity contribution in [1.29, 1.82) is 0 Å². The lowest BCUT2D eigenvalue weighted by Gasteiger charge is -2.24. The zero-order valence-corrected chi connectivity index (χ0v) is 13.5. The van der Waals surface area contributed by atoms with E-state index in [1.165, 1.54) is 38.6 Å². The topological polar surface area (TPSA) is 33.7 Å². The van der Waals surface area contributed by atoms with Gasteiger partial charge in [-0.2, -0.15) is 0 Å². The number of rotatable bonds is 12. The van der Waals surface area contributed by atoms with Gasteiger partial charge in [0, 0.05) is 47.0 Å². The summed E-state index contributed by atoms with van der Waals surface area (Å²) in [7, 11) is 3.54. The van der Waals surface area contributed by atoms with Gasteiger partial charge in [0.05, 0.1) is 6.61 Å². The Balaban J connectivity index is 2.06. The number of hydrogen-bond donors (Lipinski definition) is 1. The highest BCUT2D eigenvalue weighted by Crippen LogP contribution is 2.22. The summed E-state index contributed by atoms with van der Waals surface area (Å²) in [5.74, 6) is 0.921. The van der Waals surface area contributed by atoms with Crippen molar-refractivity contribution in [3.8, 4) is 0 Å². The molecular weight excluding hydrogens is 252 g/mol. The minimum absolute atomic E-state index is 0.815. The fraction of sp³-hybridized carbons (Fsp3) is 1.00. The zero-order valence-electron chi connectivity index (χ0n) is 13.5. The standard InChI is InChI=1S/C16H34N2O2/c1-19-13-6-10-18(12-14-20-2)11-9-17-15-16-7-4-3-5-8-16/h16-17H,3-15H2,1-2H3. The molecule has 0 spiro atoms. The molecule has 4 nitrogen and oxygen atoms in total.